The molecule has 0 spiro atoms. The largest absolute Gasteiger partial charge is 0.439 e. The smallest absolute Gasteiger partial charge is 0.227 e. The number of hydrogen-bond donors (Lipinski definition) is 1. The first-order chi connectivity index (χ1) is 10.2. The molecule has 3 rings (SSSR count). The molecule has 0 radical (unpaired) electrons. The molecule has 0 aliphatic heterocycles. The van der Waals surface area contributed by atoms with Crippen molar-refractivity contribution in [3.63, 3.8) is 0 Å². The number of nitrogen functional groups attached to an aromatic ring is 1. The molecular weight excluding hydrogens is 264 g/mol. The highest BCUT2D eigenvalue weighted by molar-refractivity contribution is 5.46. The van der Waals surface area contributed by atoms with Gasteiger partial charge >= 0.3 is 0 Å². The van der Waals surface area contributed by atoms with Gasteiger partial charge in [0.25, 0.3) is 0 Å². The van der Waals surface area contributed by atoms with Gasteiger partial charge in [-0.3, -0.25) is 0 Å². The lowest BCUT2D eigenvalue weighted by Crippen LogP contribution is -2.04. The minimum atomic E-state index is 0.394. The summed E-state index contributed by atoms with van der Waals surface area (Å²) in [4.78, 5) is 8.81. The Balaban J connectivity index is 1.85. The van der Waals surface area contributed by atoms with E-state index in [0.717, 1.165) is 29.8 Å². The Morgan fingerprint density at radius 1 is 1.29 bits per heavy atom. The van der Waals surface area contributed by atoms with Crippen LogP contribution in [0, 0.1) is 18.3 Å². The molecule has 1 aliphatic rings. The Morgan fingerprint density at radius 3 is 2.62 bits per heavy atom. The third-order valence-electron chi connectivity index (χ3n) is 3.52. The Hall–Kier alpha value is -2.61. The van der Waals surface area contributed by atoms with E-state index in [1.165, 1.54) is 0 Å². The lowest BCUT2D eigenvalue weighted by atomic mass is 10.2. The SMILES string of the molecule is Cc1c(N)nc(C2CC2)nc1Oc1ccc(CC#N)cc1. The first kappa shape index (κ1) is 13.4. The molecule has 1 saturated carbocycles. The molecule has 5 heteroatoms. The lowest BCUT2D eigenvalue weighted by molar-refractivity contribution is 0.455. The lowest BCUT2D eigenvalue weighted by Gasteiger charge is -2.11. The molecule has 21 heavy (non-hydrogen) atoms. The highest BCUT2D eigenvalue weighted by Gasteiger charge is 2.28. The van der Waals surface area contributed by atoms with Gasteiger partial charge in [-0.1, -0.05) is 12.1 Å². The Kier molecular flexibility index (Phi) is 3.44. The zero-order valence-electron chi connectivity index (χ0n) is 11.8. The summed E-state index contributed by atoms with van der Waals surface area (Å²) in [6.45, 7) is 1.85. The second kappa shape index (κ2) is 5.41. The molecule has 1 heterocycles. The average molecular weight is 280 g/mol. The van der Waals surface area contributed by atoms with Gasteiger partial charge in [-0.05, 0) is 37.5 Å². The van der Waals surface area contributed by atoms with Crippen LogP contribution in [0.2, 0.25) is 0 Å². The van der Waals surface area contributed by atoms with Crippen molar-refractivity contribution in [3.05, 3.63) is 41.2 Å². The van der Waals surface area contributed by atoms with Crippen LogP contribution in [0.25, 0.3) is 0 Å². The monoisotopic (exact) mass is 280 g/mol. The zero-order chi connectivity index (χ0) is 14.8. The van der Waals surface area contributed by atoms with Gasteiger partial charge in [-0.15, -0.1) is 0 Å². The van der Waals surface area contributed by atoms with Gasteiger partial charge < -0.3 is 10.5 Å². The first-order valence-electron chi connectivity index (χ1n) is 6.95. The van der Waals surface area contributed by atoms with Gasteiger partial charge in [0.1, 0.15) is 17.4 Å². The number of aromatic nitrogens is 2. The highest BCUT2D eigenvalue weighted by atomic mass is 16.5. The van der Waals surface area contributed by atoms with Gasteiger partial charge in [-0.2, -0.15) is 10.2 Å². The molecule has 106 valence electrons. The summed E-state index contributed by atoms with van der Waals surface area (Å²) in [5.41, 5.74) is 7.65. The normalized spacial score (nSPS) is 13.7. The molecule has 1 aliphatic carbocycles. The van der Waals surface area contributed by atoms with E-state index in [4.69, 9.17) is 15.7 Å². The molecule has 0 atom stereocenters. The van der Waals surface area contributed by atoms with E-state index in [0.29, 0.717) is 29.8 Å². The van der Waals surface area contributed by atoms with Gasteiger partial charge in [0.05, 0.1) is 18.1 Å². The molecule has 2 aromatic rings. The van der Waals surface area contributed by atoms with Crippen molar-refractivity contribution in [1.82, 2.24) is 9.97 Å². The maximum Gasteiger partial charge on any atom is 0.227 e. The van der Waals surface area contributed by atoms with E-state index in [-0.39, 0.29) is 0 Å². The van der Waals surface area contributed by atoms with Gasteiger partial charge in [0, 0.05) is 5.92 Å². The minimum Gasteiger partial charge on any atom is -0.439 e. The summed E-state index contributed by atoms with van der Waals surface area (Å²) in [6, 6.07) is 9.54. The minimum absolute atomic E-state index is 0.394. The summed E-state index contributed by atoms with van der Waals surface area (Å²) in [5.74, 6) is 2.86. The Bertz CT molecular complexity index is 699. The third-order valence-corrected chi connectivity index (χ3v) is 3.52. The van der Waals surface area contributed by atoms with Crippen LogP contribution in [-0.4, -0.2) is 9.97 Å². The van der Waals surface area contributed by atoms with Gasteiger partial charge in [0.15, 0.2) is 0 Å². The van der Waals surface area contributed by atoms with Crippen molar-refractivity contribution in [3.8, 4) is 17.7 Å². The van der Waals surface area contributed by atoms with Crippen LogP contribution in [-0.2, 0) is 6.42 Å². The van der Waals surface area contributed by atoms with Gasteiger partial charge in [-0.25, -0.2) is 4.98 Å². The van der Waals surface area contributed by atoms with Gasteiger partial charge in [0.2, 0.25) is 5.88 Å². The Morgan fingerprint density at radius 2 is 2.00 bits per heavy atom. The van der Waals surface area contributed by atoms with Crippen molar-refractivity contribution in [2.45, 2.75) is 32.1 Å². The second-order valence-corrected chi connectivity index (χ2v) is 5.25. The Labute approximate surface area is 123 Å². The van der Waals surface area contributed by atoms with Crippen molar-refractivity contribution in [1.29, 1.82) is 5.26 Å². The fraction of sp³-hybridized carbons (Fsp3) is 0.312. The number of rotatable bonds is 4. The predicted molar refractivity (Wildman–Crippen MR) is 79.0 cm³/mol. The van der Waals surface area contributed by atoms with E-state index in [1.807, 2.05) is 31.2 Å². The van der Waals surface area contributed by atoms with Crippen molar-refractivity contribution >= 4 is 5.82 Å². The molecule has 0 unspecified atom stereocenters. The first-order valence-corrected chi connectivity index (χ1v) is 6.95. The number of nitriles is 1. The molecule has 1 aromatic heterocycles. The number of hydrogen-bond acceptors (Lipinski definition) is 5. The van der Waals surface area contributed by atoms with Crippen molar-refractivity contribution < 1.29 is 4.74 Å². The summed E-state index contributed by atoms with van der Waals surface area (Å²) in [5, 5.41) is 8.67. The van der Waals surface area contributed by atoms with Crippen LogP contribution >= 0.6 is 0 Å². The summed E-state index contributed by atoms with van der Waals surface area (Å²) in [6.07, 6.45) is 2.63. The molecule has 0 amide bonds. The van der Waals surface area contributed by atoms with Crippen LogP contribution in [0.1, 0.15) is 35.7 Å². The number of ether oxygens (including phenoxy) is 1. The second-order valence-electron chi connectivity index (χ2n) is 5.25. The maximum atomic E-state index is 8.67. The summed E-state index contributed by atoms with van der Waals surface area (Å²) in [7, 11) is 0. The summed E-state index contributed by atoms with van der Waals surface area (Å²) < 4.78 is 5.83. The molecule has 2 N–H and O–H groups in total. The van der Waals surface area contributed by atoms with E-state index < -0.39 is 0 Å². The number of nitrogens with zero attached hydrogens (tertiary/aromatic N) is 3. The number of benzene rings is 1. The highest BCUT2D eigenvalue weighted by Crippen LogP contribution is 2.40. The van der Waals surface area contributed by atoms with Crippen LogP contribution in [0.15, 0.2) is 24.3 Å². The standard InChI is InChI=1S/C16H16N4O/c1-10-14(18)19-15(12-4-5-12)20-16(10)21-13-6-2-11(3-7-13)8-9-17/h2-3,6-7,12H,4-5,8H2,1H3,(H2,18,19,20). The fourth-order valence-electron chi connectivity index (χ4n) is 2.03. The van der Waals surface area contributed by atoms with E-state index in [2.05, 4.69) is 16.0 Å². The number of anilines is 1. The van der Waals surface area contributed by atoms with Crippen molar-refractivity contribution in [2.24, 2.45) is 0 Å². The maximum absolute atomic E-state index is 8.67. The molecule has 5 nitrogen and oxygen atoms in total. The van der Waals surface area contributed by atoms with E-state index >= 15 is 0 Å². The zero-order valence-corrected chi connectivity index (χ0v) is 11.8. The van der Waals surface area contributed by atoms with Crippen molar-refractivity contribution in [2.75, 3.05) is 5.73 Å². The fourth-order valence-corrected chi connectivity index (χ4v) is 2.03. The third kappa shape index (κ3) is 2.95. The van der Waals surface area contributed by atoms with Crippen LogP contribution in [0.4, 0.5) is 5.82 Å². The van der Waals surface area contributed by atoms with E-state index in [1.54, 1.807) is 0 Å². The number of nitrogens with two attached hydrogens (primary N) is 1. The van der Waals surface area contributed by atoms with Crippen LogP contribution in [0.3, 0.4) is 0 Å². The molecular formula is C16H16N4O. The molecule has 1 aromatic carbocycles. The molecule has 0 bridgehead atoms. The van der Waals surface area contributed by atoms with Crippen LogP contribution in [0.5, 0.6) is 11.6 Å². The van der Waals surface area contributed by atoms with E-state index in [9.17, 15) is 0 Å². The molecule has 0 saturated heterocycles. The van der Waals surface area contributed by atoms with Crippen LogP contribution < -0.4 is 10.5 Å². The molecule has 1 fully saturated rings. The topological polar surface area (TPSA) is 84.8 Å². The average Bonchev–Trinajstić information content (AvgIpc) is 3.30. The predicted octanol–water partition coefficient (Wildman–Crippen LogP) is 3.10. The quantitative estimate of drug-likeness (QED) is 0.930. The summed E-state index contributed by atoms with van der Waals surface area (Å²) >= 11 is 0.